The van der Waals surface area contributed by atoms with Gasteiger partial charge < -0.3 is 9.84 Å². The topological polar surface area (TPSA) is 29.5 Å². The molecule has 2 heteroatoms. The van der Waals surface area contributed by atoms with Crippen LogP contribution >= 0.6 is 0 Å². The molecule has 0 saturated carbocycles. The van der Waals surface area contributed by atoms with Crippen LogP contribution in [0.3, 0.4) is 0 Å². The van der Waals surface area contributed by atoms with Gasteiger partial charge in [-0.25, -0.2) is 0 Å². The van der Waals surface area contributed by atoms with Gasteiger partial charge in [-0.15, -0.1) is 0 Å². The summed E-state index contributed by atoms with van der Waals surface area (Å²) in [5.41, 5.74) is 2.58. The van der Waals surface area contributed by atoms with Crippen LogP contribution in [0.25, 0.3) is 0 Å². The van der Waals surface area contributed by atoms with Gasteiger partial charge in [0.25, 0.3) is 0 Å². The van der Waals surface area contributed by atoms with Crippen molar-refractivity contribution in [3.05, 3.63) is 65.7 Å². The Kier molecular flexibility index (Phi) is 4.03. The number of aliphatic hydroxyl groups is 1. The molecule has 3 rings (SSSR count). The highest BCUT2D eigenvalue weighted by Gasteiger charge is 2.26. The van der Waals surface area contributed by atoms with Gasteiger partial charge in [0, 0.05) is 18.1 Å². The fourth-order valence-corrected chi connectivity index (χ4v) is 3.00. The van der Waals surface area contributed by atoms with Gasteiger partial charge in [-0.3, -0.25) is 0 Å². The molecule has 20 heavy (non-hydrogen) atoms. The third-order valence-electron chi connectivity index (χ3n) is 4.04. The highest BCUT2D eigenvalue weighted by molar-refractivity contribution is 5.39. The molecule has 0 spiro atoms. The second kappa shape index (κ2) is 6.10. The Morgan fingerprint density at radius 1 is 1.05 bits per heavy atom. The Morgan fingerprint density at radius 3 is 2.60 bits per heavy atom. The second-order valence-corrected chi connectivity index (χ2v) is 5.52. The molecule has 0 aliphatic carbocycles. The lowest BCUT2D eigenvalue weighted by Crippen LogP contribution is -2.15. The van der Waals surface area contributed by atoms with Gasteiger partial charge in [0.05, 0.1) is 6.61 Å². The molecule has 1 aliphatic rings. The minimum Gasteiger partial charge on any atom is -0.493 e. The Bertz CT molecular complexity index is 550. The molecular weight excluding hydrogens is 248 g/mol. The average molecular weight is 268 g/mol. The van der Waals surface area contributed by atoms with E-state index < -0.39 is 0 Å². The highest BCUT2D eigenvalue weighted by Crippen LogP contribution is 2.37. The summed E-state index contributed by atoms with van der Waals surface area (Å²) in [7, 11) is 0. The lowest BCUT2D eigenvalue weighted by atomic mass is 9.87. The molecular formula is C18H20O2. The summed E-state index contributed by atoms with van der Waals surface area (Å²) >= 11 is 0. The van der Waals surface area contributed by atoms with Crippen LogP contribution in [-0.2, 0) is 6.42 Å². The van der Waals surface area contributed by atoms with Gasteiger partial charge in [0.2, 0.25) is 0 Å². The SMILES string of the molecule is OCC(Cc1ccccc1)CC1COc2ccccc21. The Morgan fingerprint density at radius 2 is 1.80 bits per heavy atom. The summed E-state index contributed by atoms with van der Waals surface area (Å²) in [5.74, 6) is 1.71. The molecule has 0 radical (unpaired) electrons. The van der Waals surface area contributed by atoms with Gasteiger partial charge >= 0.3 is 0 Å². The molecule has 104 valence electrons. The summed E-state index contributed by atoms with van der Waals surface area (Å²) in [6, 6.07) is 18.6. The van der Waals surface area contributed by atoms with E-state index in [9.17, 15) is 5.11 Å². The van der Waals surface area contributed by atoms with Crippen molar-refractivity contribution in [2.45, 2.75) is 18.8 Å². The second-order valence-electron chi connectivity index (χ2n) is 5.52. The lowest BCUT2D eigenvalue weighted by Gasteiger charge is -2.18. The van der Waals surface area contributed by atoms with Crippen LogP contribution in [0, 0.1) is 5.92 Å². The zero-order valence-corrected chi connectivity index (χ0v) is 11.5. The summed E-state index contributed by atoms with van der Waals surface area (Å²) in [4.78, 5) is 0. The predicted octanol–water partition coefficient (Wildman–Crippen LogP) is 3.40. The molecule has 0 fully saturated rings. The van der Waals surface area contributed by atoms with E-state index in [0.29, 0.717) is 5.92 Å². The van der Waals surface area contributed by atoms with Crippen molar-refractivity contribution in [1.29, 1.82) is 0 Å². The maximum Gasteiger partial charge on any atom is 0.122 e. The summed E-state index contributed by atoms with van der Waals surface area (Å²) in [6.07, 6.45) is 1.90. The first-order valence-corrected chi connectivity index (χ1v) is 7.23. The third-order valence-corrected chi connectivity index (χ3v) is 4.04. The maximum absolute atomic E-state index is 9.65. The molecule has 1 N–H and O–H groups in total. The number of hydrogen-bond donors (Lipinski definition) is 1. The highest BCUT2D eigenvalue weighted by atomic mass is 16.5. The lowest BCUT2D eigenvalue weighted by molar-refractivity contribution is 0.203. The van der Waals surface area contributed by atoms with Crippen LogP contribution in [0.2, 0.25) is 0 Å². The van der Waals surface area contributed by atoms with Crippen molar-refractivity contribution < 1.29 is 9.84 Å². The van der Waals surface area contributed by atoms with Crippen LogP contribution in [0.4, 0.5) is 0 Å². The van der Waals surface area contributed by atoms with Gasteiger partial charge in [-0.2, -0.15) is 0 Å². The van der Waals surface area contributed by atoms with E-state index >= 15 is 0 Å². The molecule has 0 aromatic heterocycles. The summed E-state index contributed by atoms with van der Waals surface area (Å²) in [6.45, 7) is 0.970. The normalized spacial score (nSPS) is 18.4. The van der Waals surface area contributed by atoms with E-state index in [1.54, 1.807) is 0 Å². The molecule has 2 unspecified atom stereocenters. The van der Waals surface area contributed by atoms with Crippen LogP contribution < -0.4 is 4.74 Å². The molecule has 1 aliphatic heterocycles. The Labute approximate surface area is 120 Å². The van der Waals surface area contributed by atoms with E-state index in [2.05, 4.69) is 36.4 Å². The van der Waals surface area contributed by atoms with Crippen molar-refractivity contribution in [2.24, 2.45) is 5.92 Å². The largest absolute Gasteiger partial charge is 0.493 e. The number of ether oxygens (including phenoxy) is 1. The smallest absolute Gasteiger partial charge is 0.122 e. The van der Waals surface area contributed by atoms with E-state index in [-0.39, 0.29) is 12.5 Å². The van der Waals surface area contributed by atoms with E-state index in [4.69, 9.17) is 4.74 Å². The number of para-hydroxylation sites is 1. The van der Waals surface area contributed by atoms with E-state index in [1.165, 1.54) is 11.1 Å². The monoisotopic (exact) mass is 268 g/mol. The van der Waals surface area contributed by atoms with Crippen LogP contribution in [0.5, 0.6) is 5.75 Å². The quantitative estimate of drug-likeness (QED) is 0.900. The van der Waals surface area contributed by atoms with Gasteiger partial charge in [0.1, 0.15) is 5.75 Å². The molecule has 1 heterocycles. The number of aliphatic hydroxyl groups excluding tert-OH is 1. The first kappa shape index (κ1) is 13.2. The summed E-state index contributed by atoms with van der Waals surface area (Å²) < 4.78 is 5.73. The van der Waals surface area contributed by atoms with Crippen molar-refractivity contribution >= 4 is 0 Å². The standard InChI is InChI=1S/C18H20O2/c19-12-15(10-14-6-2-1-3-7-14)11-16-13-20-18-9-5-4-8-17(16)18/h1-9,15-16,19H,10-13H2. The zero-order valence-electron chi connectivity index (χ0n) is 11.5. The molecule has 2 atom stereocenters. The molecule has 0 saturated heterocycles. The molecule has 0 amide bonds. The van der Waals surface area contributed by atoms with Crippen molar-refractivity contribution in [3.63, 3.8) is 0 Å². The summed E-state index contributed by atoms with van der Waals surface area (Å²) in [5, 5.41) is 9.65. The first-order valence-electron chi connectivity index (χ1n) is 7.23. The van der Waals surface area contributed by atoms with Crippen molar-refractivity contribution in [3.8, 4) is 5.75 Å². The predicted molar refractivity (Wildman–Crippen MR) is 80.0 cm³/mol. The van der Waals surface area contributed by atoms with Crippen LogP contribution in [0.15, 0.2) is 54.6 Å². The fraction of sp³-hybridized carbons (Fsp3) is 0.333. The molecule has 2 aromatic rings. The third kappa shape index (κ3) is 2.86. The Balaban J connectivity index is 1.67. The van der Waals surface area contributed by atoms with Gasteiger partial charge in [-0.05, 0) is 30.4 Å². The van der Waals surface area contributed by atoms with Crippen molar-refractivity contribution in [1.82, 2.24) is 0 Å². The molecule has 0 bridgehead atoms. The molecule has 2 aromatic carbocycles. The number of benzene rings is 2. The fourth-order valence-electron chi connectivity index (χ4n) is 3.00. The first-order chi connectivity index (χ1) is 9.86. The minimum atomic E-state index is 0.230. The Hall–Kier alpha value is -1.80. The molecule has 2 nitrogen and oxygen atoms in total. The van der Waals surface area contributed by atoms with E-state index in [0.717, 1.165) is 25.2 Å². The average Bonchev–Trinajstić information content (AvgIpc) is 2.91. The van der Waals surface area contributed by atoms with Crippen LogP contribution in [0.1, 0.15) is 23.5 Å². The number of hydrogen-bond acceptors (Lipinski definition) is 2. The van der Waals surface area contributed by atoms with Gasteiger partial charge in [0.15, 0.2) is 0 Å². The van der Waals surface area contributed by atoms with Crippen molar-refractivity contribution in [2.75, 3.05) is 13.2 Å². The zero-order chi connectivity index (χ0) is 13.8. The number of rotatable bonds is 5. The van der Waals surface area contributed by atoms with Crippen LogP contribution in [-0.4, -0.2) is 18.3 Å². The number of fused-ring (bicyclic) bond motifs is 1. The maximum atomic E-state index is 9.65. The van der Waals surface area contributed by atoms with E-state index in [1.807, 2.05) is 18.2 Å². The van der Waals surface area contributed by atoms with Gasteiger partial charge in [-0.1, -0.05) is 48.5 Å². The minimum absolute atomic E-state index is 0.230.